The highest BCUT2D eigenvalue weighted by Crippen LogP contribution is 2.20. The molecule has 1 aliphatic heterocycles. The standard InChI is InChI=1S/C34H43N5O6/c1-2-9-26(32(43)39-27(21-24-18-19-35-31(24)42)30(41)34(45)36-25-15-16-25)38-33(44)28(20-23-12-7-4-8-13-23)37-29(40)17-14-22-10-5-3-6-11-22/h3-8,10-13,24-28H,2,9,14-21H2,1H3,(H,35,42)(H,36,45)(H,37,40)(H,38,44)(H,39,43)/t24-,26-,27-,28+/m0/s1. The monoisotopic (exact) mass is 617 g/mol. The number of carbonyl (C=O) groups is 6. The Morgan fingerprint density at radius 3 is 2.02 bits per heavy atom. The van der Waals surface area contributed by atoms with Crippen molar-refractivity contribution in [2.75, 3.05) is 6.54 Å². The summed E-state index contributed by atoms with van der Waals surface area (Å²) in [5, 5.41) is 13.7. The summed E-state index contributed by atoms with van der Waals surface area (Å²) in [5.41, 5.74) is 1.83. The van der Waals surface area contributed by atoms with E-state index < -0.39 is 47.5 Å². The number of carbonyl (C=O) groups excluding carboxylic acids is 6. The fourth-order valence-corrected chi connectivity index (χ4v) is 5.36. The van der Waals surface area contributed by atoms with Gasteiger partial charge in [0.15, 0.2) is 0 Å². The number of Topliss-reactive ketones (excluding diaryl/α,β-unsaturated/α-hetero) is 1. The van der Waals surface area contributed by atoms with Gasteiger partial charge < -0.3 is 26.6 Å². The zero-order valence-electron chi connectivity index (χ0n) is 25.7. The molecule has 0 radical (unpaired) electrons. The number of nitrogens with one attached hydrogen (secondary N) is 5. The van der Waals surface area contributed by atoms with E-state index >= 15 is 0 Å². The molecule has 2 aliphatic rings. The third-order valence-corrected chi connectivity index (χ3v) is 8.08. The van der Waals surface area contributed by atoms with Crippen LogP contribution < -0.4 is 26.6 Å². The summed E-state index contributed by atoms with van der Waals surface area (Å²) in [4.78, 5) is 78.2. The van der Waals surface area contributed by atoms with Crippen LogP contribution in [-0.2, 0) is 41.6 Å². The largest absolute Gasteiger partial charge is 0.356 e. The summed E-state index contributed by atoms with van der Waals surface area (Å²) < 4.78 is 0. The van der Waals surface area contributed by atoms with Gasteiger partial charge >= 0.3 is 0 Å². The van der Waals surface area contributed by atoms with Gasteiger partial charge in [0.1, 0.15) is 12.1 Å². The van der Waals surface area contributed by atoms with Gasteiger partial charge in [-0.1, -0.05) is 74.0 Å². The summed E-state index contributed by atoms with van der Waals surface area (Å²) in [5.74, 6) is -3.82. The lowest BCUT2D eigenvalue weighted by Crippen LogP contribution is -2.57. The lowest BCUT2D eigenvalue weighted by atomic mass is 9.95. The molecule has 0 unspecified atom stereocenters. The molecular formula is C34H43N5O6. The molecule has 0 bridgehead atoms. The molecule has 4 rings (SSSR count). The van der Waals surface area contributed by atoms with Crippen LogP contribution in [0.15, 0.2) is 60.7 Å². The van der Waals surface area contributed by atoms with Crippen molar-refractivity contribution < 1.29 is 28.8 Å². The SMILES string of the molecule is CCC[C@H](NC(=O)[C@@H](Cc1ccccc1)NC(=O)CCc1ccccc1)C(=O)N[C@@H](C[C@@H]1CCNC1=O)C(=O)C(=O)NC1CC1. The second kappa shape index (κ2) is 16.5. The molecular weight excluding hydrogens is 574 g/mol. The van der Waals surface area contributed by atoms with Crippen molar-refractivity contribution in [3.63, 3.8) is 0 Å². The Labute approximate surface area is 263 Å². The molecule has 240 valence electrons. The predicted octanol–water partition coefficient (Wildman–Crippen LogP) is 1.49. The lowest BCUT2D eigenvalue weighted by Gasteiger charge is -2.26. The van der Waals surface area contributed by atoms with E-state index in [4.69, 9.17) is 0 Å². The third kappa shape index (κ3) is 10.5. The molecule has 45 heavy (non-hydrogen) atoms. The van der Waals surface area contributed by atoms with Crippen molar-refractivity contribution in [2.24, 2.45) is 5.92 Å². The Morgan fingerprint density at radius 2 is 1.42 bits per heavy atom. The third-order valence-electron chi connectivity index (χ3n) is 8.08. The normalized spacial score (nSPS) is 17.7. The van der Waals surface area contributed by atoms with Crippen molar-refractivity contribution in [2.45, 2.75) is 88.9 Å². The van der Waals surface area contributed by atoms with Crippen molar-refractivity contribution in [3.8, 4) is 0 Å². The Hall–Kier alpha value is -4.54. The van der Waals surface area contributed by atoms with E-state index in [2.05, 4.69) is 26.6 Å². The van der Waals surface area contributed by atoms with Crippen LogP contribution >= 0.6 is 0 Å². The molecule has 0 aromatic heterocycles. The fourth-order valence-electron chi connectivity index (χ4n) is 5.36. The molecule has 11 nitrogen and oxygen atoms in total. The second-order valence-corrected chi connectivity index (χ2v) is 11.8. The highest BCUT2D eigenvalue weighted by atomic mass is 16.2. The topological polar surface area (TPSA) is 163 Å². The molecule has 2 aromatic rings. The first-order chi connectivity index (χ1) is 21.7. The number of aryl methyl sites for hydroxylation is 1. The van der Waals surface area contributed by atoms with E-state index in [1.165, 1.54) is 0 Å². The maximum Gasteiger partial charge on any atom is 0.289 e. The predicted molar refractivity (Wildman–Crippen MR) is 168 cm³/mol. The zero-order chi connectivity index (χ0) is 32.2. The number of hydrogen-bond donors (Lipinski definition) is 5. The fraction of sp³-hybridized carbons (Fsp3) is 0.471. The number of ketones is 1. The summed E-state index contributed by atoms with van der Waals surface area (Å²) in [6.07, 6.45) is 3.76. The first kappa shape index (κ1) is 33.4. The average Bonchev–Trinajstić information content (AvgIpc) is 3.77. The number of rotatable bonds is 17. The van der Waals surface area contributed by atoms with Gasteiger partial charge in [0.05, 0.1) is 6.04 Å². The molecule has 0 spiro atoms. The molecule has 1 saturated heterocycles. The first-order valence-electron chi connectivity index (χ1n) is 15.8. The molecule has 1 aliphatic carbocycles. The van der Waals surface area contributed by atoms with E-state index in [1.54, 1.807) is 0 Å². The number of amides is 5. The molecule has 5 amide bonds. The molecule has 5 N–H and O–H groups in total. The van der Waals surface area contributed by atoms with Crippen molar-refractivity contribution >= 4 is 35.3 Å². The number of benzene rings is 2. The molecule has 1 heterocycles. The van der Waals surface area contributed by atoms with Gasteiger partial charge in [-0.15, -0.1) is 0 Å². The van der Waals surface area contributed by atoms with Gasteiger partial charge in [0, 0.05) is 31.3 Å². The minimum Gasteiger partial charge on any atom is -0.356 e. The maximum atomic E-state index is 13.6. The highest BCUT2D eigenvalue weighted by Gasteiger charge is 2.37. The molecule has 11 heteroatoms. The Morgan fingerprint density at radius 1 is 0.800 bits per heavy atom. The van der Waals surface area contributed by atoms with E-state index in [0.717, 1.165) is 24.0 Å². The summed E-state index contributed by atoms with van der Waals surface area (Å²) in [6, 6.07) is 15.6. The number of hydrogen-bond acceptors (Lipinski definition) is 6. The molecule has 4 atom stereocenters. The Kier molecular flexibility index (Phi) is 12.2. The van der Waals surface area contributed by atoms with Crippen LogP contribution in [0.3, 0.4) is 0 Å². The van der Waals surface area contributed by atoms with Gasteiger partial charge in [-0.25, -0.2) is 0 Å². The smallest absolute Gasteiger partial charge is 0.289 e. The van der Waals surface area contributed by atoms with Gasteiger partial charge in [-0.2, -0.15) is 0 Å². The summed E-state index contributed by atoms with van der Waals surface area (Å²) in [6.45, 7) is 2.31. The summed E-state index contributed by atoms with van der Waals surface area (Å²) >= 11 is 0. The Bertz CT molecular complexity index is 1350. The van der Waals surface area contributed by atoms with E-state index in [1.807, 2.05) is 67.6 Å². The van der Waals surface area contributed by atoms with E-state index in [0.29, 0.717) is 25.8 Å². The summed E-state index contributed by atoms with van der Waals surface area (Å²) in [7, 11) is 0. The van der Waals surface area contributed by atoms with Crippen LogP contribution in [0.2, 0.25) is 0 Å². The molecule has 1 saturated carbocycles. The van der Waals surface area contributed by atoms with Gasteiger partial charge in [-0.05, 0) is 49.7 Å². The van der Waals surface area contributed by atoms with Gasteiger partial charge in [-0.3, -0.25) is 28.8 Å². The quantitative estimate of drug-likeness (QED) is 0.169. The van der Waals surface area contributed by atoms with Gasteiger partial charge in [0.25, 0.3) is 5.91 Å². The van der Waals surface area contributed by atoms with Crippen molar-refractivity contribution in [1.29, 1.82) is 0 Å². The van der Waals surface area contributed by atoms with Crippen molar-refractivity contribution in [3.05, 3.63) is 71.8 Å². The van der Waals surface area contributed by atoms with Crippen LogP contribution in [0, 0.1) is 5.92 Å². The van der Waals surface area contributed by atoms with Crippen LogP contribution in [0.1, 0.15) is 63.0 Å². The van der Waals surface area contributed by atoms with Gasteiger partial charge in [0.2, 0.25) is 29.4 Å². The van der Waals surface area contributed by atoms with Crippen LogP contribution in [0.5, 0.6) is 0 Å². The van der Waals surface area contributed by atoms with Crippen LogP contribution in [-0.4, -0.2) is 66.0 Å². The van der Waals surface area contributed by atoms with Crippen LogP contribution in [0.25, 0.3) is 0 Å². The van der Waals surface area contributed by atoms with Crippen LogP contribution in [0.4, 0.5) is 0 Å². The highest BCUT2D eigenvalue weighted by molar-refractivity contribution is 6.38. The zero-order valence-corrected chi connectivity index (χ0v) is 25.7. The Balaban J connectivity index is 1.44. The van der Waals surface area contributed by atoms with E-state index in [9.17, 15) is 28.8 Å². The average molecular weight is 618 g/mol. The second-order valence-electron chi connectivity index (χ2n) is 11.8. The molecule has 2 fully saturated rings. The lowest BCUT2D eigenvalue weighted by molar-refractivity contribution is -0.141. The maximum absolute atomic E-state index is 13.6. The molecule has 2 aromatic carbocycles. The van der Waals surface area contributed by atoms with E-state index in [-0.39, 0.29) is 43.5 Å². The minimum atomic E-state index is -1.22. The van der Waals surface area contributed by atoms with Crippen molar-refractivity contribution in [1.82, 2.24) is 26.6 Å². The first-order valence-corrected chi connectivity index (χ1v) is 15.8. The minimum absolute atomic E-state index is 0.0185.